The minimum absolute atomic E-state index is 0.0824. The minimum atomic E-state index is -0.931. The molecule has 7 heteroatoms. The topological polar surface area (TPSA) is 88.1 Å². The SMILES string of the molecule is COCC1CN(C(=O)NCCC(=O)O)CC(C)(C)O1. The normalized spacial score (nSPS) is 22.1. The number of morpholine rings is 1. The first-order valence-electron chi connectivity index (χ1n) is 6.25. The van der Waals surface area contributed by atoms with E-state index < -0.39 is 11.6 Å². The quantitative estimate of drug-likeness (QED) is 0.752. The predicted molar refractivity (Wildman–Crippen MR) is 68.1 cm³/mol. The number of hydrogen-bond donors (Lipinski definition) is 2. The fourth-order valence-corrected chi connectivity index (χ4v) is 2.11. The molecule has 2 N–H and O–H groups in total. The van der Waals surface area contributed by atoms with Crippen molar-refractivity contribution >= 4 is 12.0 Å². The Balaban J connectivity index is 2.50. The van der Waals surface area contributed by atoms with Gasteiger partial charge in [-0.3, -0.25) is 4.79 Å². The Bertz CT molecular complexity index is 332. The van der Waals surface area contributed by atoms with E-state index in [9.17, 15) is 9.59 Å². The lowest BCUT2D eigenvalue weighted by atomic mass is 10.1. The lowest BCUT2D eigenvalue weighted by Gasteiger charge is -2.42. The Morgan fingerprint density at radius 1 is 1.53 bits per heavy atom. The number of carboxylic acids is 1. The molecule has 0 bridgehead atoms. The zero-order valence-electron chi connectivity index (χ0n) is 11.6. The zero-order valence-corrected chi connectivity index (χ0v) is 11.6. The summed E-state index contributed by atoms with van der Waals surface area (Å²) in [6, 6.07) is -0.265. The Morgan fingerprint density at radius 3 is 2.79 bits per heavy atom. The molecular weight excluding hydrogens is 252 g/mol. The first-order valence-corrected chi connectivity index (χ1v) is 6.25. The number of rotatable bonds is 5. The summed E-state index contributed by atoms with van der Waals surface area (Å²) in [5.41, 5.74) is -0.439. The second-order valence-electron chi connectivity index (χ2n) is 5.21. The molecule has 0 radical (unpaired) electrons. The van der Waals surface area contributed by atoms with Gasteiger partial charge in [0.2, 0.25) is 0 Å². The van der Waals surface area contributed by atoms with Crippen molar-refractivity contribution < 1.29 is 24.2 Å². The van der Waals surface area contributed by atoms with Gasteiger partial charge in [0.1, 0.15) is 0 Å². The van der Waals surface area contributed by atoms with Crippen molar-refractivity contribution in [2.24, 2.45) is 0 Å². The summed E-state index contributed by atoms with van der Waals surface area (Å²) in [7, 11) is 1.59. The Labute approximate surface area is 112 Å². The zero-order chi connectivity index (χ0) is 14.5. The molecular formula is C12H22N2O5. The summed E-state index contributed by atoms with van der Waals surface area (Å²) in [4.78, 5) is 24.0. The van der Waals surface area contributed by atoms with E-state index in [1.165, 1.54) is 0 Å². The van der Waals surface area contributed by atoms with Gasteiger partial charge in [0, 0.05) is 13.7 Å². The molecule has 1 fully saturated rings. The van der Waals surface area contributed by atoms with Crippen LogP contribution in [0.5, 0.6) is 0 Å². The highest BCUT2D eigenvalue weighted by Gasteiger charge is 2.35. The summed E-state index contributed by atoms with van der Waals surface area (Å²) >= 11 is 0. The molecule has 110 valence electrons. The Kier molecular flexibility index (Phi) is 5.56. The average molecular weight is 274 g/mol. The van der Waals surface area contributed by atoms with Crippen LogP contribution in [0.15, 0.2) is 0 Å². The molecule has 1 rings (SSSR count). The predicted octanol–water partition coefficient (Wildman–Crippen LogP) is 0.297. The van der Waals surface area contributed by atoms with Gasteiger partial charge in [-0.25, -0.2) is 4.79 Å². The number of ether oxygens (including phenoxy) is 2. The molecule has 0 saturated carbocycles. The molecule has 1 aliphatic rings. The lowest BCUT2D eigenvalue weighted by Crippen LogP contribution is -2.57. The Morgan fingerprint density at radius 2 is 2.21 bits per heavy atom. The number of nitrogens with zero attached hydrogens (tertiary/aromatic N) is 1. The van der Waals surface area contributed by atoms with Crippen LogP contribution >= 0.6 is 0 Å². The van der Waals surface area contributed by atoms with Gasteiger partial charge in [0.05, 0.1) is 37.8 Å². The summed E-state index contributed by atoms with van der Waals surface area (Å²) in [5.74, 6) is -0.931. The van der Waals surface area contributed by atoms with Gasteiger partial charge >= 0.3 is 12.0 Å². The van der Waals surface area contributed by atoms with E-state index in [0.29, 0.717) is 19.7 Å². The van der Waals surface area contributed by atoms with E-state index >= 15 is 0 Å². The molecule has 7 nitrogen and oxygen atoms in total. The second kappa shape index (κ2) is 6.72. The highest BCUT2D eigenvalue weighted by Crippen LogP contribution is 2.21. The molecule has 1 aliphatic heterocycles. The number of carbonyl (C=O) groups excluding carboxylic acids is 1. The van der Waals surface area contributed by atoms with Gasteiger partial charge in [-0.2, -0.15) is 0 Å². The molecule has 1 heterocycles. The van der Waals surface area contributed by atoms with Crippen LogP contribution in [0.4, 0.5) is 4.79 Å². The number of aliphatic carboxylic acids is 1. The third kappa shape index (κ3) is 5.44. The molecule has 0 aromatic rings. The van der Waals surface area contributed by atoms with Crippen LogP contribution < -0.4 is 5.32 Å². The van der Waals surface area contributed by atoms with Gasteiger partial charge in [-0.15, -0.1) is 0 Å². The van der Waals surface area contributed by atoms with Crippen molar-refractivity contribution in [3.63, 3.8) is 0 Å². The van der Waals surface area contributed by atoms with Crippen LogP contribution in [0.25, 0.3) is 0 Å². The summed E-state index contributed by atoms with van der Waals surface area (Å²) in [6.07, 6.45) is -0.250. The maximum Gasteiger partial charge on any atom is 0.317 e. The van der Waals surface area contributed by atoms with E-state index in [2.05, 4.69) is 5.32 Å². The lowest BCUT2D eigenvalue weighted by molar-refractivity contribution is -0.142. The number of amides is 2. The van der Waals surface area contributed by atoms with E-state index in [4.69, 9.17) is 14.6 Å². The molecule has 0 aliphatic carbocycles. The van der Waals surface area contributed by atoms with Crippen LogP contribution in [-0.4, -0.2) is 67.1 Å². The average Bonchev–Trinajstić information content (AvgIpc) is 2.26. The van der Waals surface area contributed by atoms with Crippen molar-refractivity contribution in [1.29, 1.82) is 0 Å². The fourth-order valence-electron chi connectivity index (χ4n) is 2.11. The molecule has 1 atom stereocenters. The number of hydrogen-bond acceptors (Lipinski definition) is 4. The number of nitrogens with one attached hydrogen (secondary N) is 1. The third-order valence-corrected chi connectivity index (χ3v) is 2.74. The third-order valence-electron chi connectivity index (χ3n) is 2.74. The number of carbonyl (C=O) groups is 2. The molecule has 19 heavy (non-hydrogen) atoms. The molecule has 1 unspecified atom stereocenters. The molecule has 2 amide bonds. The molecule has 0 aromatic heterocycles. The van der Waals surface area contributed by atoms with Gasteiger partial charge in [-0.1, -0.05) is 0 Å². The van der Waals surface area contributed by atoms with Crippen molar-refractivity contribution in [3.8, 4) is 0 Å². The second-order valence-corrected chi connectivity index (χ2v) is 5.21. The summed E-state index contributed by atoms with van der Waals surface area (Å²) in [5, 5.41) is 11.1. The largest absolute Gasteiger partial charge is 0.481 e. The standard InChI is InChI=1S/C12H22N2O5/c1-12(2)8-14(6-9(19-12)7-18-3)11(17)13-5-4-10(15)16/h9H,4-8H2,1-3H3,(H,13,17)(H,15,16). The van der Waals surface area contributed by atoms with Crippen molar-refractivity contribution in [2.45, 2.75) is 32.0 Å². The van der Waals surface area contributed by atoms with Crippen LogP contribution in [0, 0.1) is 0 Å². The molecule has 1 saturated heterocycles. The smallest absolute Gasteiger partial charge is 0.317 e. The Hall–Kier alpha value is -1.34. The first kappa shape index (κ1) is 15.7. The van der Waals surface area contributed by atoms with E-state index in [1.807, 2.05) is 13.8 Å². The minimum Gasteiger partial charge on any atom is -0.481 e. The number of urea groups is 1. The molecule has 0 aromatic carbocycles. The number of carboxylic acid groups (broad SMARTS) is 1. The van der Waals surface area contributed by atoms with Crippen LogP contribution in [0.2, 0.25) is 0 Å². The van der Waals surface area contributed by atoms with Gasteiger partial charge in [0.25, 0.3) is 0 Å². The van der Waals surface area contributed by atoms with Crippen LogP contribution in [-0.2, 0) is 14.3 Å². The van der Waals surface area contributed by atoms with Crippen LogP contribution in [0.3, 0.4) is 0 Å². The van der Waals surface area contributed by atoms with Crippen molar-refractivity contribution in [2.75, 3.05) is 33.4 Å². The van der Waals surface area contributed by atoms with E-state index in [-0.39, 0.29) is 25.1 Å². The van der Waals surface area contributed by atoms with E-state index in [1.54, 1.807) is 12.0 Å². The number of methoxy groups -OCH3 is 1. The van der Waals surface area contributed by atoms with E-state index in [0.717, 1.165) is 0 Å². The van der Waals surface area contributed by atoms with Gasteiger partial charge in [-0.05, 0) is 13.8 Å². The first-order chi connectivity index (χ1) is 8.84. The molecule has 0 spiro atoms. The highest BCUT2D eigenvalue weighted by molar-refractivity contribution is 5.75. The maximum absolute atomic E-state index is 11.9. The van der Waals surface area contributed by atoms with Gasteiger partial charge < -0.3 is 24.8 Å². The monoisotopic (exact) mass is 274 g/mol. The maximum atomic E-state index is 11.9. The van der Waals surface area contributed by atoms with Gasteiger partial charge in [0.15, 0.2) is 0 Å². The summed E-state index contributed by atoms with van der Waals surface area (Å²) in [6.45, 7) is 5.27. The van der Waals surface area contributed by atoms with Crippen LogP contribution in [0.1, 0.15) is 20.3 Å². The van der Waals surface area contributed by atoms with Crippen molar-refractivity contribution in [3.05, 3.63) is 0 Å². The summed E-state index contributed by atoms with van der Waals surface area (Å²) < 4.78 is 10.9. The van der Waals surface area contributed by atoms with Crippen molar-refractivity contribution in [1.82, 2.24) is 10.2 Å². The highest BCUT2D eigenvalue weighted by atomic mass is 16.5. The fraction of sp³-hybridized carbons (Fsp3) is 0.833.